The minimum Gasteiger partial charge on any atom is -0.462 e. The lowest BCUT2D eigenvalue weighted by atomic mass is 10.0. The zero-order valence-electron chi connectivity index (χ0n) is 51.0. The van der Waals surface area contributed by atoms with Crippen LogP contribution in [0.2, 0.25) is 0 Å². The van der Waals surface area contributed by atoms with E-state index in [-0.39, 0.29) is 31.1 Å². The van der Waals surface area contributed by atoms with E-state index in [0.29, 0.717) is 19.3 Å². The Morgan fingerprint density at radius 3 is 0.831 bits per heavy atom. The van der Waals surface area contributed by atoms with E-state index >= 15 is 0 Å². The van der Waals surface area contributed by atoms with Gasteiger partial charge in [0.05, 0.1) is 0 Å². The number of carbonyl (C=O) groups excluding carboxylic acids is 3. The van der Waals surface area contributed by atoms with E-state index in [1.54, 1.807) is 0 Å². The summed E-state index contributed by atoms with van der Waals surface area (Å²) < 4.78 is 16.9. The molecule has 0 rings (SSSR count). The predicted molar refractivity (Wildman–Crippen MR) is 334 cm³/mol. The number of unbranched alkanes of at least 4 members (excludes halogenated alkanes) is 35. The van der Waals surface area contributed by atoms with Gasteiger partial charge in [0.1, 0.15) is 13.2 Å². The molecule has 0 aromatic heterocycles. The Bertz CT molecular complexity index is 1470. The van der Waals surface area contributed by atoms with Crippen molar-refractivity contribution in [3.8, 4) is 0 Å². The average molecular weight is 1070 g/mol. The molecular formula is C71H124O6. The molecule has 1 atom stereocenters. The summed E-state index contributed by atoms with van der Waals surface area (Å²) in [6.07, 6.45) is 86.0. The molecule has 6 nitrogen and oxygen atoms in total. The summed E-state index contributed by atoms with van der Waals surface area (Å²) in [5.41, 5.74) is 0. The maximum atomic E-state index is 12.9. The fourth-order valence-electron chi connectivity index (χ4n) is 9.40. The van der Waals surface area contributed by atoms with Crippen molar-refractivity contribution in [2.45, 2.75) is 335 Å². The third-order valence-corrected chi connectivity index (χ3v) is 14.4. The topological polar surface area (TPSA) is 78.9 Å². The van der Waals surface area contributed by atoms with Gasteiger partial charge in [-0.2, -0.15) is 0 Å². The second-order valence-corrected chi connectivity index (χ2v) is 22.0. The van der Waals surface area contributed by atoms with Gasteiger partial charge in [-0.15, -0.1) is 0 Å². The maximum absolute atomic E-state index is 12.9. The molecule has 0 spiro atoms. The number of rotatable bonds is 60. The molecule has 0 saturated carbocycles. The molecule has 0 aliphatic heterocycles. The van der Waals surface area contributed by atoms with Crippen LogP contribution in [0.3, 0.4) is 0 Å². The van der Waals surface area contributed by atoms with Crippen LogP contribution in [-0.4, -0.2) is 37.2 Å². The van der Waals surface area contributed by atoms with Crippen molar-refractivity contribution in [1.82, 2.24) is 0 Å². The van der Waals surface area contributed by atoms with Gasteiger partial charge in [-0.3, -0.25) is 14.4 Å². The van der Waals surface area contributed by atoms with Crippen LogP contribution in [-0.2, 0) is 28.6 Å². The zero-order valence-corrected chi connectivity index (χ0v) is 51.0. The van der Waals surface area contributed by atoms with Crippen LogP contribution in [0.15, 0.2) is 85.1 Å². The predicted octanol–water partition coefficient (Wildman–Crippen LogP) is 22.7. The third kappa shape index (κ3) is 63.3. The van der Waals surface area contributed by atoms with Gasteiger partial charge in [-0.05, 0) is 116 Å². The minimum absolute atomic E-state index is 0.0895. The van der Waals surface area contributed by atoms with Crippen LogP contribution in [0.25, 0.3) is 0 Å². The molecule has 0 aliphatic carbocycles. The van der Waals surface area contributed by atoms with E-state index in [1.165, 1.54) is 167 Å². The number of ether oxygens (including phenoxy) is 3. The smallest absolute Gasteiger partial charge is 0.306 e. The molecule has 1 unspecified atom stereocenters. The first-order valence-corrected chi connectivity index (χ1v) is 33.1. The highest BCUT2D eigenvalue weighted by atomic mass is 16.6. The summed E-state index contributed by atoms with van der Waals surface area (Å²) in [6.45, 7) is 6.50. The standard InChI is InChI=1S/C71H124O6/c1-4-7-10-13-16-19-22-25-28-30-31-32-33-34-35-36-37-38-39-41-43-46-49-52-55-58-61-64-70(73)76-67-68(66-75-69(72)63-60-57-54-51-48-45-42-27-24-21-18-15-12-9-6-3)77-71(74)65-62-59-56-53-50-47-44-40-29-26-23-20-17-14-11-8-5-2/h8,11,17-18,20-21,26-27,29-31,42,44,47,68H,4-7,9-10,12-16,19,22-25,28,32-41,43,45-46,48-67H2,1-3H3/b11-8-,20-17-,21-18-,29-26-,31-30-,42-27-,47-44-. The second kappa shape index (κ2) is 65.1. The molecule has 77 heavy (non-hydrogen) atoms. The Kier molecular flexibility index (Phi) is 62.2. The van der Waals surface area contributed by atoms with E-state index < -0.39 is 6.10 Å². The van der Waals surface area contributed by atoms with Crippen LogP contribution < -0.4 is 0 Å². The Morgan fingerprint density at radius 1 is 0.273 bits per heavy atom. The quantitative estimate of drug-likeness (QED) is 0.0261. The molecule has 0 amide bonds. The Balaban J connectivity index is 4.30. The van der Waals surface area contributed by atoms with Gasteiger partial charge in [0.25, 0.3) is 0 Å². The second-order valence-electron chi connectivity index (χ2n) is 22.0. The Labute approximate surface area is 477 Å². The van der Waals surface area contributed by atoms with Gasteiger partial charge >= 0.3 is 17.9 Å². The molecule has 444 valence electrons. The summed E-state index contributed by atoms with van der Waals surface area (Å²) >= 11 is 0. The van der Waals surface area contributed by atoms with Gasteiger partial charge in [-0.1, -0.05) is 279 Å². The highest BCUT2D eigenvalue weighted by molar-refractivity contribution is 5.71. The number of carbonyl (C=O) groups is 3. The fourth-order valence-corrected chi connectivity index (χ4v) is 9.40. The first-order chi connectivity index (χ1) is 38.0. The normalized spacial score (nSPS) is 12.6. The van der Waals surface area contributed by atoms with Gasteiger partial charge in [-0.25, -0.2) is 0 Å². The average Bonchev–Trinajstić information content (AvgIpc) is 3.43. The lowest BCUT2D eigenvalue weighted by Gasteiger charge is -2.18. The lowest BCUT2D eigenvalue weighted by Crippen LogP contribution is -2.30. The van der Waals surface area contributed by atoms with E-state index in [2.05, 4.69) is 106 Å². The van der Waals surface area contributed by atoms with Crippen LogP contribution >= 0.6 is 0 Å². The molecule has 6 heteroatoms. The summed E-state index contributed by atoms with van der Waals surface area (Å²) in [4.78, 5) is 38.3. The van der Waals surface area contributed by atoms with Crippen molar-refractivity contribution in [3.05, 3.63) is 85.1 Å². The molecule has 0 saturated heterocycles. The lowest BCUT2D eigenvalue weighted by molar-refractivity contribution is -0.167. The molecular weight excluding hydrogens is 949 g/mol. The monoisotopic (exact) mass is 1070 g/mol. The largest absolute Gasteiger partial charge is 0.462 e. The summed E-state index contributed by atoms with van der Waals surface area (Å²) in [7, 11) is 0. The van der Waals surface area contributed by atoms with E-state index in [4.69, 9.17) is 14.2 Å². The van der Waals surface area contributed by atoms with Gasteiger partial charge < -0.3 is 14.2 Å². The molecule has 0 aromatic carbocycles. The molecule has 0 fully saturated rings. The molecule has 0 radical (unpaired) electrons. The van der Waals surface area contributed by atoms with E-state index in [1.807, 2.05) is 0 Å². The molecule has 0 aliphatic rings. The van der Waals surface area contributed by atoms with Crippen LogP contribution in [0.5, 0.6) is 0 Å². The minimum atomic E-state index is -0.796. The van der Waals surface area contributed by atoms with Crippen molar-refractivity contribution in [2.75, 3.05) is 13.2 Å². The molecule has 0 heterocycles. The summed E-state index contributed by atoms with van der Waals surface area (Å²) in [5.74, 6) is -0.915. The Hall–Kier alpha value is -3.41. The highest BCUT2D eigenvalue weighted by Gasteiger charge is 2.19. The zero-order chi connectivity index (χ0) is 55.7. The summed E-state index contributed by atoms with van der Waals surface area (Å²) in [6, 6.07) is 0. The molecule has 0 aromatic rings. The SMILES string of the molecule is CC/C=C\C/C=C\C/C=C\C/C=C\CCCCCCC(=O)OC(COC(=O)CCCCCCC/C=C\C/C=C\CCCCC)COC(=O)CCCCCCCCCCCCCCCCC/C=C\CCCCCCCCCC. The fraction of sp³-hybridized carbons (Fsp3) is 0.761. The van der Waals surface area contributed by atoms with E-state index in [9.17, 15) is 14.4 Å². The Morgan fingerprint density at radius 2 is 0.506 bits per heavy atom. The van der Waals surface area contributed by atoms with Gasteiger partial charge in [0, 0.05) is 19.3 Å². The molecule has 0 bridgehead atoms. The highest BCUT2D eigenvalue weighted by Crippen LogP contribution is 2.17. The number of allylic oxidation sites excluding steroid dienone is 14. The van der Waals surface area contributed by atoms with Gasteiger partial charge in [0.2, 0.25) is 0 Å². The van der Waals surface area contributed by atoms with Crippen molar-refractivity contribution in [2.24, 2.45) is 0 Å². The van der Waals surface area contributed by atoms with Crippen molar-refractivity contribution >= 4 is 17.9 Å². The van der Waals surface area contributed by atoms with E-state index in [0.717, 1.165) is 122 Å². The van der Waals surface area contributed by atoms with Crippen LogP contribution in [0, 0.1) is 0 Å². The van der Waals surface area contributed by atoms with Crippen LogP contribution in [0.1, 0.15) is 329 Å². The van der Waals surface area contributed by atoms with Crippen molar-refractivity contribution in [3.63, 3.8) is 0 Å². The maximum Gasteiger partial charge on any atom is 0.306 e. The summed E-state index contributed by atoms with van der Waals surface area (Å²) in [5, 5.41) is 0. The first kappa shape index (κ1) is 73.6. The first-order valence-electron chi connectivity index (χ1n) is 33.1. The molecule has 0 N–H and O–H groups in total. The van der Waals surface area contributed by atoms with Crippen molar-refractivity contribution < 1.29 is 28.6 Å². The van der Waals surface area contributed by atoms with Crippen LogP contribution in [0.4, 0.5) is 0 Å². The third-order valence-electron chi connectivity index (χ3n) is 14.4. The number of hydrogen-bond acceptors (Lipinski definition) is 6. The number of esters is 3. The number of hydrogen-bond donors (Lipinski definition) is 0. The van der Waals surface area contributed by atoms with Gasteiger partial charge in [0.15, 0.2) is 6.10 Å². The van der Waals surface area contributed by atoms with Crippen molar-refractivity contribution in [1.29, 1.82) is 0 Å².